The number of thiazole rings is 1. The zero-order valence-corrected chi connectivity index (χ0v) is 15.3. The largest absolute Gasteiger partial charge is 0.345 e. The predicted octanol–water partition coefficient (Wildman–Crippen LogP) is 3.28. The second-order valence-electron chi connectivity index (χ2n) is 6.56. The number of hydrogen-bond acceptors (Lipinski definition) is 4. The molecule has 1 aromatic heterocycles. The van der Waals surface area contributed by atoms with Crippen LogP contribution < -0.4 is 11.1 Å². The van der Waals surface area contributed by atoms with Gasteiger partial charge in [0.05, 0.1) is 16.2 Å². The molecule has 0 saturated carbocycles. The minimum absolute atomic E-state index is 0.142. The van der Waals surface area contributed by atoms with E-state index in [9.17, 15) is 9.18 Å². The van der Waals surface area contributed by atoms with E-state index in [0.717, 1.165) is 10.6 Å². The molecule has 1 unspecified atom stereocenters. The van der Waals surface area contributed by atoms with Crippen molar-refractivity contribution in [2.75, 3.05) is 6.54 Å². The van der Waals surface area contributed by atoms with E-state index in [1.54, 1.807) is 12.1 Å². The number of hydrogen-bond donors (Lipinski definition) is 2. The third-order valence-electron chi connectivity index (χ3n) is 4.41. The quantitative estimate of drug-likeness (QED) is 0.841. The lowest BCUT2D eigenvalue weighted by Crippen LogP contribution is -2.54. The zero-order chi connectivity index (χ0) is 17.9. The fourth-order valence-electron chi connectivity index (χ4n) is 2.26. The van der Waals surface area contributed by atoms with Gasteiger partial charge >= 0.3 is 0 Å². The second-order valence-corrected chi connectivity index (χ2v) is 7.64. The van der Waals surface area contributed by atoms with Gasteiger partial charge in [-0.3, -0.25) is 4.79 Å². The topological polar surface area (TPSA) is 68.0 Å². The first-order valence-corrected chi connectivity index (χ1v) is 8.80. The molecule has 2 rings (SSSR count). The molecule has 0 aliphatic rings. The summed E-state index contributed by atoms with van der Waals surface area (Å²) in [6.45, 7) is 8.22. The molecule has 0 aliphatic carbocycles. The fourth-order valence-corrected chi connectivity index (χ4v) is 3.26. The normalized spacial score (nSPS) is 13.8. The summed E-state index contributed by atoms with van der Waals surface area (Å²) in [5.74, 6) is -0.181. The number of benzene rings is 1. The summed E-state index contributed by atoms with van der Waals surface area (Å²) in [5, 5.41) is 3.88. The number of aromatic nitrogens is 1. The summed E-state index contributed by atoms with van der Waals surface area (Å²) in [5.41, 5.74) is 7.05. The SMILES string of the molecule is Cc1nc(Cc2ccc(F)cc2)sc1C(=O)NC(C)(CN)C(C)C. The molecule has 4 nitrogen and oxygen atoms in total. The van der Waals surface area contributed by atoms with Crippen LogP contribution in [0.3, 0.4) is 0 Å². The number of halogens is 1. The molecule has 0 spiro atoms. The van der Waals surface area contributed by atoms with Crippen molar-refractivity contribution < 1.29 is 9.18 Å². The average Bonchev–Trinajstić information content (AvgIpc) is 2.90. The Morgan fingerprint density at radius 1 is 1.38 bits per heavy atom. The van der Waals surface area contributed by atoms with Gasteiger partial charge in [0.15, 0.2) is 0 Å². The maximum Gasteiger partial charge on any atom is 0.263 e. The number of nitrogens with one attached hydrogen (secondary N) is 1. The average molecular weight is 349 g/mol. The molecule has 0 fully saturated rings. The van der Waals surface area contributed by atoms with E-state index in [-0.39, 0.29) is 17.6 Å². The van der Waals surface area contributed by atoms with Crippen molar-refractivity contribution in [3.8, 4) is 0 Å². The van der Waals surface area contributed by atoms with Gasteiger partial charge in [0, 0.05) is 13.0 Å². The van der Waals surface area contributed by atoms with Gasteiger partial charge in [0.1, 0.15) is 10.7 Å². The summed E-state index contributed by atoms with van der Waals surface area (Å²) in [7, 11) is 0. The monoisotopic (exact) mass is 349 g/mol. The van der Waals surface area contributed by atoms with Crippen LogP contribution >= 0.6 is 11.3 Å². The van der Waals surface area contributed by atoms with Gasteiger partial charge < -0.3 is 11.1 Å². The highest BCUT2D eigenvalue weighted by Crippen LogP contribution is 2.23. The molecular weight excluding hydrogens is 325 g/mol. The summed E-state index contributed by atoms with van der Waals surface area (Å²) >= 11 is 1.37. The maximum absolute atomic E-state index is 13.0. The number of carbonyl (C=O) groups is 1. The van der Waals surface area contributed by atoms with E-state index in [4.69, 9.17) is 5.73 Å². The van der Waals surface area contributed by atoms with Crippen molar-refractivity contribution in [3.63, 3.8) is 0 Å². The van der Waals surface area contributed by atoms with Crippen molar-refractivity contribution in [3.05, 3.63) is 51.2 Å². The Kier molecular flexibility index (Phi) is 5.72. The molecule has 3 N–H and O–H groups in total. The molecule has 24 heavy (non-hydrogen) atoms. The molecule has 0 bridgehead atoms. The van der Waals surface area contributed by atoms with Crippen LogP contribution in [0.5, 0.6) is 0 Å². The Balaban J connectivity index is 2.16. The zero-order valence-electron chi connectivity index (χ0n) is 14.5. The summed E-state index contributed by atoms with van der Waals surface area (Å²) in [6.07, 6.45) is 0.581. The highest BCUT2D eigenvalue weighted by molar-refractivity contribution is 7.13. The molecule has 1 amide bonds. The van der Waals surface area contributed by atoms with Gasteiger partial charge in [-0.15, -0.1) is 11.3 Å². The number of amides is 1. The predicted molar refractivity (Wildman–Crippen MR) is 95.8 cm³/mol. The fraction of sp³-hybridized carbons (Fsp3) is 0.444. The summed E-state index contributed by atoms with van der Waals surface area (Å²) < 4.78 is 13.0. The van der Waals surface area contributed by atoms with Crippen LogP contribution in [-0.2, 0) is 6.42 Å². The van der Waals surface area contributed by atoms with Crippen molar-refractivity contribution >= 4 is 17.2 Å². The van der Waals surface area contributed by atoms with Crippen LogP contribution in [0.1, 0.15) is 46.7 Å². The minimum Gasteiger partial charge on any atom is -0.345 e. The van der Waals surface area contributed by atoms with Gasteiger partial charge in [-0.1, -0.05) is 26.0 Å². The second kappa shape index (κ2) is 7.40. The van der Waals surface area contributed by atoms with Gasteiger partial charge in [-0.05, 0) is 37.5 Å². The van der Waals surface area contributed by atoms with Crippen LogP contribution in [0, 0.1) is 18.7 Å². The molecule has 0 saturated heterocycles. The third kappa shape index (κ3) is 4.19. The molecular formula is C18H24FN3OS. The Morgan fingerprint density at radius 3 is 2.54 bits per heavy atom. The van der Waals surface area contributed by atoms with Crippen molar-refractivity contribution in [1.29, 1.82) is 0 Å². The Morgan fingerprint density at radius 2 is 2.00 bits per heavy atom. The van der Waals surface area contributed by atoms with E-state index in [0.29, 0.717) is 23.5 Å². The number of nitrogens with two attached hydrogens (primary N) is 1. The lowest BCUT2D eigenvalue weighted by molar-refractivity contribution is 0.0886. The first-order valence-electron chi connectivity index (χ1n) is 7.98. The van der Waals surface area contributed by atoms with Gasteiger partial charge in [0.25, 0.3) is 5.91 Å². The molecule has 130 valence electrons. The number of carbonyl (C=O) groups excluding carboxylic acids is 1. The van der Waals surface area contributed by atoms with E-state index in [1.165, 1.54) is 23.5 Å². The van der Waals surface area contributed by atoms with E-state index in [1.807, 2.05) is 27.7 Å². The number of aryl methyl sites for hydroxylation is 1. The molecule has 2 aromatic rings. The Hall–Kier alpha value is -1.79. The first-order chi connectivity index (χ1) is 11.2. The molecule has 1 atom stereocenters. The van der Waals surface area contributed by atoms with Crippen molar-refractivity contribution in [2.45, 2.75) is 39.7 Å². The van der Waals surface area contributed by atoms with Crippen molar-refractivity contribution in [2.24, 2.45) is 11.7 Å². The highest BCUT2D eigenvalue weighted by atomic mass is 32.1. The molecule has 1 heterocycles. The minimum atomic E-state index is -0.454. The maximum atomic E-state index is 13.0. The molecule has 6 heteroatoms. The van der Waals surface area contributed by atoms with Crippen LogP contribution in [0.25, 0.3) is 0 Å². The van der Waals surface area contributed by atoms with Crippen molar-refractivity contribution in [1.82, 2.24) is 10.3 Å². The van der Waals surface area contributed by atoms with Gasteiger partial charge in [-0.2, -0.15) is 0 Å². The van der Waals surface area contributed by atoms with Crippen LogP contribution in [0.15, 0.2) is 24.3 Å². The number of nitrogens with zero attached hydrogens (tertiary/aromatic N) is 1. The molecule has 1 aromatic carbocycles. The Bertz CT molecular complexity index is 712. The lowest BCUT2D eigenvalue weighted by Gasteiger charge is -2.33. The first kappa shape index (κ1) is 18.5. The molecule has 0 radical (unpaired) electrons. The standard InChI is InChI=1S/C18H24FN3OS/c1-11(2)18(4,10-20)22-17(23)16-12(3)21-15(24-16)9-13-5-7-14(19)8-6-13/h5-8,11H,9-10,20H2,1-4H3,(H,22,23). The van der Waals surface area contributed by atoms with Crippen LogP contribution in [-0.4, -0.2) is 23.0 Å². The Labute approximate surface area is 146 Å². The van der Waals surface area contributed by atoms with E-state index < -0.39 is 5.54 Å². The summed E-state index contributed by atoms with van der Waals surface area (Å²) in [6, 6.07) is 6.32. The summed E-state index contributed by atoms with van der Waals surface area (Å²) in [4.78, 5) is 17.7. The van der Waals surface area contributed by atoms with Crippen LogP contribution in [0.2, 0.25) is 0 Å². The van der Waals surface area contributed by atoms with E-state index in [2.05, 4.69) is 10.3 Å². The van der Waals surface area contributed by atoms with Gasteiger partial charge in [-0.25, -0.2) is 9.37 Å². The lowest BCUT2D eigenvalue weighted by atomic mass is 9.88. The number of rotatable bonds is 6. The van der Waals surface area contributed by atoms with Crippen LogP contribution in [0.4, 0.5) is 4.39 Å². The third-order valence-corrected chi connectivity index (χ3v) is 5.57. The smallest absolute Gasteiger partial charge is 0.263 e. The van der Waals surface area contributed by atoms with E-state index >= 15 is 0 Å². The van der Waals surface area contributed by atoms with Gasteiger partial charge in [0.2, 0.25) is 0 Å². The highest BCUT2D eigenvalue weighted by Gasteiger charge is 2.30. The molecule has 0 aliphatic heterocycles.